The van der Waals surface area contributed by atoms with E-state index < -0.39 is 11.4 Å². The second kappa shape index (κ2) is 7.78. The molecule has 0 radical (unpaired) electrons. The van der Waals surface area contributed by atoms with Gasteiger partial charge in [0.15, 0.2) is 0 Å². The predicted molar refractivity (Wildman–Crippen MR) is 82.8 cm³/mol. The average molecular weight is 298 g/mol. The first-order valence-corrected chi connectivity index (χ1v) is 8.10. The van der Waals surface area contributed by atoms with Crippen molar-refractivity contribution in [3.05, 3.63) is 0 Å². The Labute approximate surface area is 127 Å². The van der Waals surface area contributed by atoms with Gasteiger partial charge in [-0.3, -0.25) is 9.59 Å². The zero-order valence-electron chi connectivity index (χ0n) is 13.6. The van der Waals surface area contributed by atoms with Crippen molar-refractivity contribution in [1.82, 2.24) is 4.90 Å². The molecule has 1 saturated heterocycles. The van der Waals surface area contributed by atoms with Gasteiger partial charge in [-0.2, -0.15) is 0 Å². The van der Waals surface area contributed by atoms with Crippen molar-refractivity contribution in [2.75, 3.05) is 13.1 Å². The van der Waals surface area contributed by atoms with E-state index >= 15 is 0 Å². The third-order valence-corrected chi connectivity index (χ3v) is 4.57. The molecule has 5 heteroatoms. The largest absolute Gasteiger partial charge is 0.481 e. The Morgan fingerprint density at radius 1 is 1.33 bits per heavy atom. The highest BCUT2D eigenvalue weighted by molar-refractivity contribution is 5.82. The van der Waals surface area contributed by atoms with Crippen LogP contribution >= 0.6 is 0 Å². The molecule has 1 heterocycles. The van der Waals surface area contributed by atoms with Crippen molar-refractivity contribution in [3.63, 3.8) is 0 Å². The van der Waals surface area contributed by atoms with Gasteiger partial charge in [-0.05, 0) is 32.6 Å². The third-order valence-electron chi connectivity index (χ3n) is 4.57. The highest BCUT2D eigenvalue weighted by atomic mass is 16.4. The smallest absolute Gasteiger partial charge is 0.311 e. The minimum atomic E-state index is -0.760. The topological polar surface area (TPSA) is 83.6 Å². The van der Waals surface area contributed by atoms with Crippen LogP contribution in [0.15, 0.2) is 0 Å². The molecule has 3 N–H and O–H groups in total. The summed E-state index contributed by atoms with van der Waals surface area (Å²) >= 11 is 0. The fraction of sp³-hybridized carbons (Fsp3) is 0.875. The first-order chi connectivity index (χ1) is 9.82. The van der Waals surface area contributed by atoms with Gasteiger partial charge in [0.2, 0.25) is 5.91 Å². The molecule has 1 rings (SSSR count). The Bertz CT molecular complexity index is 371. The summed E-state index contributed by atoms with van der Waals surface area (Å²) in [7, 11) is 0. The van der Waals surface area contributed by atoms with Crippen LogP contribution in [0.5, 0.6) is 0 Å². The lowest BCUT2D eigenvalue weighted by molar-refractivity contribution is -0.149. The van der Waals surface area contributed by atoms with Gasteiger partial charge < -0.3 is 15.7 Å². The molecule has 21 heavy (non-hydrogen) atoms. The first kappa shape index (κ1) is 18.0. The number of nitrogens with two attached hydrogens (primary N) is 1. The number of nitrogens with zero attached hydrogens (tertiary/aromatic N) is 1. The van der Waals surface area contributed by atoms with E-state index in [9.17, 15) is 14.7 Å². The minimum absolute atomic E-state index is 0.0463. The predicted octanol–water partition coefficient (Wildman–Crippen LogP) is 2.24. The van der Waals surface area contributed by atoms with Crippen LogP contribution in [0, 0.1) is 11.3 Å². The summed E-state index contributed by atoms with van der Waals surface area (Å²) in [4.78, 5) is 25.7. The van der Waals surface area contributed by atoms with Crippen LogP contribution in [0.3, 0.4) is 0 Å². The molecule has 0 aromatic heterocycles. The average Bonchev–Trinajstić information content (AvgIpc) is 2.83. The summed E-state index contributed by atoms with van der Waals surface area (Å²) < 4.78 is 0. The van der Waals surface area contributed by atoms with E-state index in [1.807, 2.05) is 20.8 Å². The summed E-state index contributed by atoms with van der Waals surface area (Å²) in [5, 5.41) is 9.48. The summed E-state index contributed by atoms with van der Waals surface area (Å²) in [6.45, 7) is 6.84. The monoisotopic (exact) mass is 298 g/mol. The van der Waals surface area contributed by atoms with Crippen LogP contribution in [0.2, 0.25) is 0 Å². The fourth-order valence-electron chi connectivity index (χ4n) is 3.21. The number of rotatable bonds is 8. The van der Waals surface area contributed by atoms with Gasteiger partial charge in [0.1, 0.15) is 0 Å². The molecular formula is C16H30N2O3. The Balaban J connectivity index is 2.54. The summed E-state index contributed by atoms with van der Waals surface area (Å²) in [6.07, 6.45) is 4.74. The van der Waals surface area contributed by atoms with Crippen molar-refractivity contribution < 1.29 is 14.7 Å². The number of hydrogen-bond acceptors (Lipinski definition) is 3. The van der Waals surface area contributed by atoms with Crippen LogP contribution in [-0.2, 0) is 9.59 Å². The van der Waals surface area contributed by atoms with Gasteiger partial charge in [0, 0.05) is 25.0 Å². The van der Waals surface area contributed by atoms with E-state index in [0.29, 0.717) is 25.9 Å². The second-order valence-electron chi connectivity index (χ2n) is 6.65. The van der Waals surface area contributed by atoms with E-state index in [1.54, 1.807) is 4.90 Å². The van der Waals surface area contributed by atoms with Gasteiger partial charge in [-0.25, -0.2) is 0 Å². The molecule has 1 aliphatic rings. The molecule has 1 fully saturated rings. The third kappa shape index (κ3) is 4.70. The zero-order chi connectivity index (χ0) is 16.0. The molecule has 1 amide bonds. The Morgan fingerprint density at radius 3 is 2.52 bits per heavy atom. The van der Waals surface area contributed by atoms with Gasteiger partial charge in [-0.15, -0.1) is 0 Å². The molecule has 0 bridgehead atoms. The Hall–Kier alpha value is -1.10. The van der Waals surface area contributed by atoms with Crippen LogP contribution in [-0.4, -0.2) is 41.0 Å². The molecule has 0 spiro atoms. The zero-order valence-corrected chi connectivity index (χ0v) is 13.6. The summed E-state index contributed by atoms with van der Waals surface area (Å²) in [5.74, 6) is -0.710. The lowest BCUT2D eigenvalue weighted by Gasteiger charge is -2.25. The maximum atomic E-state index is 12.4. The van der Waals surface area contributed by atoms with Gasteiger partial charge in [0.25, 0.3) is 0 Å². The molecule has 3 unspecified atom stereocenters. The number of likely N-dealkylation sites (tertiary alicyclic amines) is 1. The number of carbonyl (C=O) groups is 2. The number of aliphatic carboxylic acids is 1. The standard InChI is InChI=1S/C16H30N2O3/c1-4-8-16(15(20)21)9-10-18(11-16)14(19)12(2)6-5-7-13(3)17/h12-13H,4-11,17H2,1-3H3,(H,20,21). The van der Waals surface area contributed by atoms with Crippen molar-refractivity contribution in [1.29, 1.82) is 0 Å². The molecule has 0 aromatic carbocycles. The van der Waals surface area contributed by atoms with E-state index in [-0.39, 0.29) is 17.9 Å². The lowest BCUT2D eigenvalue weighted by Crippen LogP contribution is -2.38. The summed E-state index contributed by atoms with van der Waals surface area (Å²) in [5.41, 5.74) is 4.99. The quantitative estimate of drug-likeness (QED) is 0.720. The van der Waals surface area contributed by atoms with Crippen LogP contribution in [0.25, 0.3) is 0 Å². The van der Waals surface area contributed by atoms with Gasteiger partial charge in [-0.1, -0.05) is 26.7 Å². The van der Waals surface area contributed by atoms with Crippen molar-refractivity contribution in [2.45, 2.75) is 65.3 Å². The minimum Gasteiger partial charge on any atom is -0.481 e. The number of amides is 1. The SMILES string of the molecule is CCCC1(C(=O)O)CCN(C(=O)C(C)CCCC(C)N)C1. The van der Waals surface area contributed by atoms with Crippen LogP contribution in [0.1, 0.15) is 59.3 Å². The van der Waals surface area contributed by atoms with E-state index in [2.05, 4.69) is 0 Å². The number of carboxylic acids is 1. The number of hydrogen-bond donors (Lipinski definition) is 2. The lowest BCUT2D eigenvalue weighted by atomic mass is 9.83. The Kier molecular flexibility index (Phi) is 6.65. The van der Waals surface area contributed by atoms with Gasteiger partial charge in [0.05, 0.1) is 5.41 Å². The van der Waals surface area contributed by atoms with E-state index in [1.165, 1.54) is 0 Å². The van der Waals surface area contributed by atoms with Crippen molar-refractivity contribution >= 4 is 11.9 Å². The van der Waals surface area contributed by atoms with Crippen LogP contribution in [0.4, 0.5) is 0 Å². The van der Waals surface area contributed by atoms with Crippen molar-refractivity contribution in [2.24, 2.45) is 17.1 Å². The molecule has 1 aliphatic heterocycles. The van der Waals surface area contributed by atoms with Crippen molar-refractivity contribution in [3.8, 4) is 0 Å². The Morgan fingerprint density at radius 2 is 2.00 bits per heavy atom. The fourth-order valence-corrected chi connectivity index (χ4v) is 3.21. The van der Waals surface area contributed by atoms with Gasteiger partial charge >= 0.3 is 5.97 Å². The number of carbonyl (C=O) groups excluding carboxylic acids is 1. The molecule has 0 aliphatic carbocycles. The van der Waals surface area contributed by atoms with E-state index in [4.69, 9.17) is 5.73 Å². The highest BCUT2D eigenvalue weighted by Crippen LogP contribution is 2.36. The molecule has 122 valence electrons. The highest BCUT2D eigenvalue weighted by Gasteiger charge is 2.45. The van der Waals surface area contributed by atoms with E-state index in [0.717, 1.165) is 25.7 Å². The normalized spacial score (nSPS) is 24.9. The molecular weight excluding hydrogens is 268 g/mol. The maximum Gasteiger partial charge on any atom is 0.311 e. The van der Waals surface area contributed by atoms with Crippen LogP contribution < -0.4 is 5.73 Å². The molecule has 3 atom stereocenters. The second-order valence-corrected chi connectivity index (χ2v) is 6.65. The molecule has 5 nitrogen and oxygen atoms in total. The molecule has 0 saturated carbocycles. The molecule has 0 aromatic rings. The maximum absolute atomic E-state index is 12.4. The summed E-state index contributed by atoms with van der Waals surface area (Å²) in [6, 6.07) is 0.170. The number of carboxylic acid groups (broad SMARTS) is 1. The first-order valence-electron chi connectivity index (χ1n) is 8.10.